The summed E-state index contributed by atoms with van der Waals surface area (Å²) in [5, 5.41) is 6.04. The van der Waals surface area contributed by atoms with Crippen LogP contribution >= 0.6 is 0 Å². The van der Waals surface area contributed by atoms with Gasteiger partial charge in [0.2, 0.25) is 5.91 Å². The molecule has 0 heterocycles. The molecule has 0 unspecified atom stereocenters. The van der Waals surface area contributed by atoms with Crippen LogP contribution in [-0.2, 0) is 19.7 Å². The lowest BCUT2D eigenvalue weighted by Crippen LogP contribution is -2.34. The molecule has 0 aromatic rings. The standard InChI is InChI=1S/C4H7NO6S/c5-3(6)1-2(4(7)8)12(9,10)11/h2H,1H2,(H2,5,6)(H,7,8)(H,9,10,11)/t2-/m0/s1. The predicted molar refractivity (Wildman–Crippen MR) is 36.8 cm³/mol. The summed E-state index contributed by atoms with van der Waals surface area (Å²) >= 11 is 0. The Morgan fingerprint density at radius 1 is 1.42 bits per heavy atom. The van der Waals surface area contributed by atoms with E-state index in [9.17, 15) is 18.0 Å². The van der Waals surface area contributed by atoms with Gasteiger partial charge in [-0.15, -0.1) is 0 Å². The van der Waals surface area contributed by atoms with E-state index in [0.29, 0.717) is 0 Å². The van der Waals surface area contributed by atoms with Crippen LogP contribution in [0.4, 0.5) is 0 Å². The van der Waals surface area contributed by atoms with Gasteiger partial charge in [-0.2, -0.15) is 8.42 Å². The van der Waals surface area contributed by atoms with Crippen LogP contribution in [0.5, 0.6) is 0 Å². The zero-order valence-corrected chi connectivity index (χ0v) is 6.61. The molecular weight excluding hydrogens is 190 g/mol. The van der Waals surface area contributed by atoms with Crippen LogP contribution in [0.25, 0.3) is 0 Å². The Kier molecular flexibility index (Phi) is 3.16. The number of amides is 1. The van der Waals surface area contributed by atoms with E-state index in [1.807, 2.05) is 0 Å². The summed E-state index contributed by atoms with van der Waals surface area (Å²) in [6, 6.07) is 0. The summed E-state index contributed by atoms with van der Waals surface area (Å²) in [6.45, 7) is 0. The SMILES string of the molecule is NC(=O)C[C@@H](C(=O)O)S(=O)(=O)O. The zero-order chi connectivity index (χ0) is 9.94. The van der Waals surface area contributed by atoms with Crippen molar-refractivity contribution in [1.82, 2.24) is 0 Å². The van der Waals surface area contributed by atoms with Gasteiger partial charge in [-0.25, -0.2) is 0 Å². The van der Waals surface area contributed by atoms with Crippen molar-refractivity contribution in [1.29, 1.82) is 0 Å². The van der Waals surface area contributed by atoms with Gasteiger partial charge in [-0.3, -0.25) is 14.1 Å². The number of carbonyl (C=O) groups excluding carboxylic acids is 1. The average molecular weight is 197 g/mol. The zero-order valence-electron chi connectivity index (χ0n) is 5.80. The summed E-state index contributed by atoms with van der Waals surface area (Å²) in [7, 11) is -4.76. The van der Waals surface area contributed by atoms with Gasteiger partial charge in [0.25, 0.3) is 10.1 Å². The molecule has 0 saturated heterocycles. The third-order valence-corrected chi connectivity index (χ3v) is 2.11. The van der Waals surface area contributed by atoms with Crippen LogP contribution in [0.3, 0.4) is 0 Å². The van der Waals surface area contributed by atoms with E-state index >= 15 is 0 Å². The Morgan fingerprint density at radius 3 is 1.92 bits per heavy atom. The number of carbonyl (C=O) groups is 2. The highest BCUT2D eigenvalue weighted by molar-refractivity contribution is 7.87. The second-order valence-corrected chi connectivity index (χ2v) is 3.61. The van der Waals surface area contributed by atoms with Crippen LogP contribution < -0.4 is 5.73 Å². The topological polar surface area (TPSA) is 135 Å². The van der Waals surface area contributed by atoms with Crippen molar-refractivity contribution in [2.24, 2.45) is 5.73 Å². The number of hydrogen-bond acceptors (Lipinski definition) is 4. The minimum absolute atomic E-state index is 0.936. The Hall–Kier alpha value is -1.15. The van der Waals surface area contributed by atoms with Gasteiger partial charge < -0.3 is 10.8 Å². The van der Waals surface area contributed by atoms with Gasteiger partial charge in [0.15, 0.2) is 5.25 Å². The molecule has 0 aromatic heterocycles. The quantitative estimate of drug-likeness (QED) is 0.455. The van der Waals surface area contributed by atoms with E-state index < -0.39 is 33.7 Å². The van der Waals surface area contributed by atoms with Gasteiger partial charge >= 0.3 is 5.97 Å². The van der Waals surface area contributed by atoms with Gasteiger partial charge in [0.05, 0.1) is 6.42 Å². The highest BCUT2D eigenvalue weighted by Gasteiger charge is 2.32. The number of carboxylic acids is 1. The Balaban J connectivity index is 4.70. The maximum Gasteiger partial charge on any atom is 0.324 e. The van der Waals surface area contributed by atoms with Crippen molar-refractivity contribution in [3.63, 3.8) is 0 Å². The summed E-state index contributed by atoms with van der Waals surface area (Å²) < 4.78 is 28.8. The second kappa shape index (κ2) is 3.50. The maximum absolute atomic E-state index is 10.3. The molecule has 70 valence electrons. The molecule has 0 saturated carbocycles. The molecule has 12 heavy (non-hydrogen) atoms. The summed E-state index contributed by atoms with van der Waals surface area (Å²) in [5.74, 6) is -2.92. The lowest BCUT2D eigenvalue weighted by molar-refractivity contribution is -0.138. The van der Waals surface area contributed by atoms with E-state index in [1.54, 1.807) is 0 Å². The molecule has 1 atom stereocenters. The van der Waals surface area contributed by atoms with Crippen molar-refractivity contribution in [2.45, 2.75) is 11.7 Å². The van der Waals surface area contributed by atoms with E-state index in [-0.39, 0.29) is 0 Å². The predicted octanol–water partition coefficient (Wildman–Crippen LogP) is -1.80. The lowest BCUT2D eigenvalue weighted by Gasteiger charge is -2.04. The first kappa shape index (κ1) is 10.8. The monoisotopic (exact) mass is 197 g/mol. The van der Waals surface area contributed by atoms with E-state index in [4.69, 9.17) is 9.66 Å². The van der Waals surface area contributed by atoms with E-state index in [1.165, 1.54) is 0 Å². The molecule has 0 fully saturated rings. The van der Waals surface area contributed by atoms with Crippen LogP contribution in [0, 0.1) is 0 Å². The normalized spacial score (nSPS) is 13.8. The Morgan fingerprint density at radius 2 is 1.83 bits per heavy atom. The summed E-state index contributed by atoms with van der Waals surface area (Å²) in [6.07, 6.45) is -0.936. The van der Waals surface area contributed by atoms with Crippen molar-refractivity contribution in [3.05, 3.63) is 0 Å². The van der Waals surface area contributed by atoms with Gasteiger partial charge in [-0.05, 0) is 0 Å². The van der Waals surface area contributed by atoms with Crippen LogP contribution in [0.15, 0.2) is 0 Å². The highest BCUT2D eigenvalue weighted by Crippen LogP contribution is 2.03. The number of carboxylic acid groups (broad SMARTS) is 1. The van der Waals surface area contributed by atoms with Gasteiger partial charge in [0.1, 0.15) is 0 Å². The molecular formula is C4H7NO6S. The molecule has 1 amide bonds. The fraction of sp³-hybridized carbons (Fsp3) is 0.500. The largest absolute Gasteiger partial charge is 0.480 e. The molecule has 0 aliphatic heterocycles. The highest BCUT2D eigenvalue weighted by atomic mass is 32.2. The third kappa shape index (κ3) is 3.30. The molecule has 7 nitrogen and oxygen atoms in total. The molecule has 0 aromatic carbocycles. The third-order valence-electron chi connectivity index (χ3n) is 1.02. The fourth-order valence-corrected chi connectivity index (χ4v) is 1.13. The smallest absolute Gasteiger partial charge is 0.324 e. The fourth-order valence-electron chi connectivity index (χ4n) is 0.503. The summed E-state index contributed by atoms with van der Waals surface area (Å²) in [4.78, 5) is 20.3. The van der Waals surface area contributed by atoms with Crippen molar-refractivity contribution >= 4 is 22.0 Å². The van der Waals surface area contributed by atoms with Crippen LogP contribution in [-0.4, -0.2) is 35.2 Å². The molecule has 8 heteroatoms. The number of primary amides is 1. The van der Waals surface area contributed by atoms with Crippen molar-refractivity contribution in [3.8, 4) is 0 Å². The summed E-state index contributed by atoms with van der Waals surface area (Å²) in [5.41, 5.74) is 4.55. The number of aliphatic carboxylic acids is 1. The number of rotatable bonds is 4. The van der Waals surface area contributed by atoms with Crippen molar-refractivity contribution < 1.29 is 27.7 Å². The first-order valence-electron chi connectivity index (χ1n) is 2.72. The second-order valence-electron chi connectivity index (χ2n) is 2.01. The van der Waals surface area contributed by atoms with E-state index in [0.717, 1.165) is 0 Å². The average Bonchev–Trinajstić information content (AvgIpc) is 1.79. The number of hydrogen-bond donors (Lipinski definition) is 3. The van der Waals surface area contributed by atoms with Crippen molar-refractivity contribution in [2.75, 3.05) is 0 Å². The Bertz CT molecular complexity index is 293. The molecule has 0 rings (SSSR count). The molecule has 0 radical (unpaired) electrons. The minimum Gasteiger partial charge on any atom is -0.480 e. The minimum atomic E-state index is -4.76. The number of nitrogens with two attached hydrogens (primary N) is 1. The lowest BCUT2D eigenvalue weighted by atomic mass is 10.3. The van der Waals surface area contributed by atoms with Crippen LogP contribution in [0.1, 0.15) is 6.42 Å². The van der Waals surface area contributed by atoms with E-state index in [2.05, 4.69) is 5.73 Å². The van der Waals surface area contributed by atoms with Gasteiger partial charge in [0, 0.05) is 0 Å². The first-order chi connectivity index (χ1) is 5.25. The molecule has 0 bridgehead atoms. The molecule has 0 aliphatic rings. The maximum atomic E-state index is 10.3. The molecule has 0 spiro atoms. The first-order valence-corrected chi connectivity index (χ1v) is 4.23. The molecule has 4 N–H and O–H groups in total. The van der Waals surface area contributed by atoms with Crippen LogP contribution in [0.2, 0.25) is 0 Å². The van der Waals surface area contributed by atoms with Gasteiger partial charge in [-0.1, -0.05) is 0 Å². The molecule has 0 aliphatic carbocycles. The Labute approximate surface area is 67.9 Å².